The van der Waals surface area contributed by atoms with E-state index in [4.69, 9.17) is 9.47 Å². The molecule has 1 saturated carbocycles. The molecule has 5 heteroatoms. The summed E-state index contributed by atoms with van der Waals surface area (Å²) < 4.78 is 10.7. The molecule has 2 fully saturated rings. The van der Waals surface area contributed by atoms with Crippen molar-refractivity contribution in [1.82, 2.24) is 10.6 Å². The third kappa shape index (κ3) is 3.46. The third-order valence-corrected chi connectivity index (χ3v) is 4.56. The van der Waals surface area contributed by atoms with Crippen LogP contribution in [0.5, 0.6) is 0 Å². The predicted octanol–water partition coefficient (Wildman–Crippen LogP) is 0.685. The van der Waals surface area contributed by atoms with Crippen LogP contribution in [0.3, 0.4) is 0 Å². The molecule has 1 saturated heterocycles. The first-order valence-electron chi connectivity index (χ1n) is 7.17. The van der Waals surface area contributed by atoms with Crippen molar-refractivity contribution in [2.45, 2.75) is 51.3 Å². The molecule has 0 aromatic rings. The predicted molar refractivity (Wildman–Crippen MR) is 73.0 cm³/mol. The molecule has 2 N–H and O–H groups in total. The summed E-state index contributed by atoms with van der Waals surface area (Å²) in [5.74, 6) is 0.0866. The summed E-state index contributed by atoms with van der Waals surface area (Å²) >= 11 is 0. The minimum absolute atomic E-state index is 0.0866. The Morgan fingerprint density at radius 1 is 1.37 bits per heavy atom. The molecule has 2 unspecified atom stereocenters. The van der Waals surface area contributed by atoms with E-state index < -0.39 is 0 Å². The summed E-state index contributed by atoms with van der Waals surface area (Å²) in [6.45, 7) is 6.26. The molecule has 0 bridgehead atoms. The monoisotopic (exact) mass is 270 g/mol. The highest BCUT2D eigenvalue weighted by molar-refractivity contribution is 5.78. The first-order chi connectivity index (χ1) is 9.04. The normalized spacial score (nSPS) is 30.7. The van der Waals surface area contributed by atoms with Gasteiger partial charge < -0.3 is 20.1 Å². The Hall–Kier alpha value is -0.650. The molecular weight excluding hydrogens is 244 g/mol. The molecule has 2 rings (SSSR count). The van der Waals surface area contributed by atoms with E-state index in [0.717, 1.165) is 32.5 Å². The Balaban J connectivity index is 1.67. The van der Waals surface area contributed by atoms with Crippen LogP contribution < -0.4 is 10.6 Å². The lowest BCUT2D eigenvalue weighted by atomic mass is 9.64. The smallest absolute Gasteiger partial charge is 0.234 e. The molecule has 0 spiro atoms. The second-order valence-corrected chi connectivity index (χ2v) is 6.17. The van der Waals surface area contributed by atoms with Crippen LogP contribution in [-0.4, -0.2) is 51.0 Å². The van der Waals surface area contributed by atoms with Crippen LogP contribution >= 0.6 is 0 Å². The van der Waals surface area contributed by atoms with Gasteiger partial charge in [-0.25, -0.2) is 0 Å². The standard InChI is InChI=1S/C14H26N2O3/c1-14(2)11(8-12(14)18-3)15-9-13(17)16-10-4-6-19-7-5-10/h10-12,15H,4-9H2,1-3H3,(H,16,17). The van der Waals surface area contributed by atoms with Crippen molar-refractivity contribution in [3.05, 3.63) is 0 Å². The van der Waals surface area contributed by atoms with Crippen molar-refractivity contribution < 1.29 is 14.3 Å². The molecule has 1 aliphatic carbocycles. The minimum atomic E-state index is 0.0866. The molecule has 0 radical (unpaired) electrons. The summed E-state index contributed by atoms with van der Waals surface area (Å²) in [5.41, 5.74) is 0.105. The van der Waals surface area contributed by atoms with Gasteiger partial charge in [-0.1, -0.05) is 13.8 Å². The van der Waals surface area contributed by atoms with Gasteiger partial charge in [0.05, 0.1) is 12.6 Å². The topological polar surface area (TPSA) is 59.6 Å². The number of hydrogen-bond donors (Lipinski definition) is 2. The molecule has 0 aromatic heterocycles. The van der Waals surface area contributed by atoms with Gasteiger partial charge in [0.1, 0.15) is 0 Å². The van der Waals surface area contributed by atoms with Crippen LogP contribution in [0, 0.1) is 5.41 Å². The van der Waals surface area contributed by atoms with Crippen LogP contribution in [0.25, 0.3) is 0 Å². The zero-order valence-electron chi connectivity index (χ0n) is 12.2. The van der Waals surface area contributed by atoms with Crippen molar-refractivity contribution >= 4 is 5.91 Å². The number of ether oxygens (including phenoxy) is 2. The van der Waals surface area contributed by atoms with Gasteiger partial charge in [-0.3, -0.25) is 4.79 Å². The van der Waals surface area contributed by atoms with E-state index in [-0.39, 0.29) is 17.4 Å². The number of methoxy groups -OCH3 is 1. The van der Waals surface area contributed by atoms with Crippen LogP contribution in [-0.2, 0) is 14.3 Å². The third-order valence-electron chi connectivity index (χ3n) is 4.56. The molecule has 1 aliphatic heterocycles. The van der Waals surface area contributed by atoms with Gasteiger partial charge in [0.2, 0.25) is 5.91 Å². The van der Waals surface area contributed by atoms with Gasteiger partial charge >= 0.3 is 0 Å². The van der Waals surface area contributed by atoms with E-state index in [0.29, 0.717) is 18.7 Å². The van der Waals surface area contributed by atoms with Gasteiger partial charge in [-0.15, -0.1) is 0 Å². The second kappa shape index (κ2) is 6.20. The van der Waals surface area contributed by atoms with Crippen molar-refractivity contribution in [2.75, 3.05) is 26.9 Å². The highest BCUT2D eigenvalue weighted by atomic mass is 16.5. The van der Waals surface area contributed by atoms with E-state index >= 15 is 0 Å². The van der Waals surface area contributed by atoms with Crippen LogP contribution in [0.1, 0.15) is 33.1 Å². The molecule has 1 amide bonds. The van der Waals surface area contributed by atoms with Crippen LogP contribution in [0.15, 0.2) is 0 Å². The zero-order valence-corrected chi connectivity index (χ0v) is 12.2. The van der Waals surface area contributed by atoms with E-state index in [1.54, 1.807) is 7.11 Å². The Kier molecular flexibility index (Phi) is 4.81. The summed E-state index contributed by atoms with van der Waals surface area (Å²) in [5, 5.41) is 6.40. The zero-order chi connectivity index (χ0) is 13.9. The van der Waals surface area contributed by atoms with Gasteiger partial charge in [0, 0.05) is 37.8 Å². The lowest BCUT2D eigenvalue weighted by Gasteiger charge is -2.51. The summed E-state index contributed by atoms with van der Waals surface area (Å²) in [6, 6.07) is 0.641. The fourth-order valence-corrected chi connectivity index (χ4v) is 2.97. The van der Waals surface area contributed by atoms with Gasteiger partial charge in [0.15, 0.2) is 0 Å². The molecule has 0 aromatic carbocycles. The van der Waals surface area contributed by atoms with Crippen molar-refractivity contribution in [1.29, 1.82) is 0 Å². The summed E-state index contributed by atoms with van der Waals surface area (Å²) in [7, 11) is 1.75. The highest BCUT2D eigenvalue weighted by Gasteiger charge is 2.48. The maximum atomic E-state index is 11.9. The first kappa shape index (κ1) is 14.8. The Morgan fingerprint density at radius 2 is 2.05 bits per heavy atom. The largest absolute Gasteiger partial charge is 0.381 e. The van der Waals surface area contributed by atoms with Crippen molar-refractivity contribution in [3.8, 4) is 0 Å². The number of amides is 1. The molecular formula is C14H26N2O3. The molecule has 19 heavy (non-hydrogen) atoms. The van der Waals surface area contributed by atoms with Crippen molar-refractivity contribution in [2.24, 2.45) is 5.41 Å². The minimum Gasteiger partial charge on any atom is -0.381 e. The lowest BCUT2D eigenvalue weighted by molar-refractivity contribution is -0.124. The average Bonchev–Trinajstić information content (AvgIpc) is 2.39. The molecule has 2 aliphatic rings. The molecule has 2 atom stereocenters. The molecule has 110 valence electrons. The van der Waals surface area contributed by atoms with E-state index in [2.05, 4.69) is 24.5 Å². The number of rotatable bonds is 5. The van der Waals surface area contributed by atoms with E-state index in [1.807, 2.05) is 0 Å². The maximum Gasteiger partial charge on any atom is 0.234 e. The maximum absolute atomic E-state index is 11.9. The molecule has 1 heterocycles. The number of carbonyl (C=O) groups excluding carboxylic acids is 1. The van der Waals surface area contributed by atoms with Crippen LogP contribution in [0.2, 0.25) is 0 Å². The number of nitrogens with one attached hydrogen (secondary N) is 2. The fourth-order valence-electron chi connectivity index (χ4n) is 2.97. The highest BCUT2D eigenvalue weighted by Crippen LogP contribution is 2.42. The van der Waals surface area contributed by atoms with Crippen LogP contribution in [0.4, 0.5) is 0 Å². The Bertz CT molecular complexity index is 314. The molecule has 5 nitrogen and oxygen atoms in total. The van der Waals surface area contributed by atoms with Crippen molar-refractivity contribution in [3.63, 3.8) is 0 Å². The lowest BCUT2D eigenvalue weighted by Crippen LogP contribution is -2.62. The van der Waals surface area contributed by atoms with Gasteiger partial charge in [0.25, 0.3) is 0 Å². The van der Waals surface area contributed by atoms with E-state index in [1.165, 1.54) is 0 Å². The number of hydrogen-bond acceptors (Lipinski definition) is 4. The van der Waals surface area contributed by atoms with Gasteiger partial charge in [-0.2, -0.15) is 0 Å². The van der Waals surface area contributed by atoms with Gasteiger partial charge in [-0.05, 0) is 19.3 Å². The van der Waals surface area contributed by atoms with E-state index in [9.17, 15) is 4.79 Å². The number of carbonyl (C=O) groups is 1. The average molecular weight is 270 g/mol. The quantitative estimate of drug-likeness (QED) is 0.771. The SMILES string of the molecule is COC1CC(NCC(=O)NC2CCOCC2)C1(C)C. The Morgan fingerprint density at radius 3 is 2.63 bits per heavy atom. The Labute approximate surface area is 115 Å². The fraction of sp³-hybridized carbons (Fsp3) is 0.929. The first-order valence-corrected chi connectivity index (χ1v) is 7.17. The second-order valence-electron chi connectivity index (χ2n) is 6.17. The summed E-state index contributed by atoms with van der Waals surface area (Å²) in [4.78, 5) is 11.9. The summed E-state index contributed by atoms with van der Waals surface area (Å²) in [6.07, 6.45) is 3.12.